The Bertz CT molecular complexity index is 406. The second kappa shape index (κ2) is 6.31. The summed E-state index contributed by atoms with van der Waals surface area (Å²) in [6.45, 7) is 3.87. The van der Waals surface area contributed by atoms with Crippen molar-refractivity contribution < 1.29 is 5.11 Å². The van der Waals surface area contributed by atoms with E-state index >= 15 is 0 Å². The third-order valence-corrected chi connectivity index (χ3v) is 2.98. The number of benzene rings is 1. The molecule has 1 aliphatic heterocycles. The Balaban J connectivity index is 1.58. The summed E-state index contributed by atoms with van der Waals surface area (Å²) in [5.74, 6) is 0.333. The van der Waals surface area contributed by atoms with E-state index in [0.29, 0.717) is 5.75 Å². The van der Waals surface area contributed by atoms with Crippen LogP contribution in [0.15, 0.2) is 36.7 Å². The van der Waals surface area contributed by atoms with Crippen LogP contribution >= 0.6 is 0 Å². The van der Waals surface area contributed by atoms with Crippen LogP contribution in [0.25, 0.3) is 0 Å². The fourth-order valence-corrected chi connectivity index (χ4v) is 2.04. The summed E-state index contributed by atoms with van der Waals surface area (Å²) in [4.78, 5) is 4.47. The number of rotatable bonds is 6. The van der Waals surface area contributed by atoms with Crippen LogP contribution in [0.4, 0.5) is 0 Å². The van der Waals surface area contributed by atoms with Crippen molar-refractivity contribution >= 4 is 0 Å². The average molecular weight is 247 g/mol. The van der Waals surface area contributed by atoms with E-state index in [4.69, 9.17) is 0 Å². The van der Waals surface area contributed by atoms with Crippen molar-refractivity contribution in [1.29, 1.82) is 0 Å². The highest BCUT2D eigenvalue weighted by Gasteiger charge is 2.06. The lowest BCUT2D eigenvalue weighted by Gasteiger charge is -2.17. The standard InChI is InChI=1S/C14H21N3O/c1-16-8-9-17(12-16)7-3-6-15-11-13-4-2-5-14(18)10-13/h2,4-5,8-10,15,18H,3,6-7,11-12H2,1H3. The molecule has 18 heavy (non-hydrogen) atoms. The third kappa shape index (κ3) is 3.96. The molecular weight excluding hydrogens is 226 g/mol. The summed E-state index contributed by atoms with van der Waals surface area (Å²) in [7, 11) is 2.08. The van der Waals surface area contributed by atoms with Gasteiger partial charge in [0.05, 0.1) is 6.67 Å². The van der Waals surface area contributed by atoms with Crippen LogP contribution < -0.4 is 5.32 Å². The number of nitrogens with zero attached hydrogens (tertiary/aromatic N) is 2. The van der Waals surface area contributed by atoms with E-state index in [1.54, 1.807) is 12.1 Å². The Morgan fingerprint density at radius 2 is 2.22 bits per heavy atom. The predicted molar refractivity (Wildman–Crippen MR) is 72.9 cm³/mol. The quantitative estimate of drug-likeness (QED) is 0.748. The summed E-state index contributed by atoms with van der Waals surface area (Å²) in [6, 6.07) is 7.38. The minimum atomic E-state index is 0.333. The fraction of sp³-hybridized carbons (Fsp3) is 0.429. The van der Waals surface area contributed by atoms with Crippen molar-refractivity contribution in [2.75, 3.05) is 26.8 Å². The number of hydrogen-bond donors (Lipinski definition) is 2. The van der Waals surface area contributed by atoms with Crippen molar-refractivity contribution in [3.05, 3.63) is 42.2 Å². The molecule has 0 saturated heterocycles. The van der Waals surface area contributed by atoms with Crippen molar-refractivity contribution in [2.24, 2.45) is 0 Å². The van der Waals surface area contributed by atoms with Gasteiger partial charge in [-0.25, -0.2) is 0 Å². The summed E-state index contributed by atoms with van der Waals surface area (Å²) in [5.41, 5.74) is 1.12. The van der Waals surface area contributed by atoms with Gasteiger partial charge in [0.1, 0.15) is 5.75 Å². The average Bonchev–Trinajstić information content (AvgIpc) is 2.75. The molecule has 1 aromatic carbocycles. The van der Waals surface area contributed by atoms with E-state index in [-0.39, 0.29) is 0 Å². The monoisotopic (exact) mass is 247 g/mol. The first-order valence-electron chi connectivity index (χ1n) is 6.35. The van der Waals surface area contributed by atoms with Crippen molar-refractivity contribution in [3.8, 4) is 5.75 Å². The molecule has 0 unspecified atom stereocenters. The molecule has 4 nitrogen and oxygen atoms in total. The SMILES string of the molecule is CN1C=CN(CCCNCc2cccc(O)c2)C1. The Morgan fingerprint density at radius 1 is 1.33 bits per heavy atom. The fourth-order valence-electron chi connectivity index (χ4n) is 2.04. The molecule has 0 spiro atoms. The zero-order valence-corrected chi connectivity index (χ0v) is 10.8. The largest absolute Gasteiger partial charge is 0.508 e. The van der Waals surface area contributed by atoms with Gasteiger partial charge in [-0.3, -0.25) is 0 Å². The number of phenolic OH excluding ortho intramolecular Hbond substituents is 1. The van der Waals surface area contributed by atoms with Gasteiger partial charge in [-0.15, -0.1) is 0 Å². The van der Waals surface area contributed by atoms with E-state index in [0.717, 1.165) is 38.3 Å². The lowest BCUT2D eigenvalue weighted by Crippen LogP contribution is -2.26. The highest BCUT2D eigenvalue weighted by atomic mass is 16.3. The maximum atomic E-state index is 9.34. The van der Waals surface area contributed by atoms with Gasteiger partial charge in [0, 0.05) is 32.5 Å². The molecular formula is C14H21N3O. The predicted octanol–water partition coefficient (Wildman–Crippen LogP) is 1.55. The van der Waals surface area contributed by atoms with Gasteiger partial charge in [-0.05, 0) is 30.7 Å². The molecule has 1 heterocycles. The molecule has 0 fully saturated rings. The first-order chi connectivity index (χ1) is 8.74. The van der Waals surface area contributed by atoms with E-state index in [9.17, 15) is 5.11 Å². The highest BCUT2D eigenvalue weighted by molar-refractivity contribution is 5.26. The minimum Gasteiger partial charge on any atom is -0.508 e. The van der Waals surface area contributed by atoms with Crippen molar-refractivity contribution in [2.45, 2.75) is 13.0 Å². The Labute approximate surface area is 109 Å². The number of aromatic hydroxyl groups is 1. The molecule has 2 N–H and O–H groups in total. The Hall–Kier alpha value is -1.68. The molecule has 1 aromatic rings. The zero-order chi connectivity index (χ0) is 12.8. The topological polar surface area (TPSA) is 38.7 Å². The van der Waals surface area contributed by atoms with E-state index in [1.165, 1.54) is 0 Å². The number of phenols is 1. The van der Waals surface area contributed by atoms with Gasteiger partial charge in [-0.2, -0.15) is 0 Å². The Morgan fingerprint density at radius 3 is 2.94 bits per heavy atom. The van der Waals surface area contributed by atoms with Crippen LogP contribution in [0.2, 0.25) is 0 Å². The second-order valence-corrected chi connectivity index (χ2v) is 4.71. The molecule has 0 aliphatic carbocycles. The first kappa shape index (κ1) is 12.8. The number of hydrogen-bond acceptors (Lipinski definition) is 4. The van der Waals surface area contributed by atoms with Crippen LogP contribution in [0, 0.1) is 0 Å². The van der Waals surface area contributed by atoms with E-state index in [2.05, 4.69) is 34.6 Å². The molecule has 0 saturated carbocycles. The normalized spacial score (nSPS) is 14.5. The smallest absolute Gasteiger partial charge is 0.115 e. The number of nitrogens with one attached hydrogen (secondary N) is 1. The lowest BCUT2D eigenvalue weighted by atomic mass is 10.2. The van der Waals surface area contributed by atoms with Gasteiger partial charge in [-0.1, -0.05) is 12.1 Å². The van der Waals surface area contributed by atoms with Gasteiger partial charge in [0.2, 0.25) is 0 Å². The van der Waals surface area contributed by atoms with Crippen LogP contribution in [0.1, 0.15) is 12.0 Å². The Kier molecular flexibility index (Phi) is 4.47. The van der Waals surface area contributed by atoms with Gasteiger partial charge in [0.15, 0.2) is 0 Å². The maximum absolute atomic E-state index is 9.34. The van der Waals surface area contributed by atoms with E-state index < -0.39 is 0 Å². The molecule has 0 aromatic heterocycles. The summed E-state index contributed by atoms with van der Waals surface area (Å²) < 4.78 is 0. The van der Waals surface area contributed by atoms with Gasteiger partial charge >= 0.3 is 0 Å². The van der Waals surface area contributed by atoms with Crippen LogP contribution in [0.5, 0.6) is 5.75 Å². The molecule has 0 radical (unpaired) electrons. The lowest BCUT2D eigenvalue weighted by molar-refractivity contribution is 0.292. The third-order valence-electron chi connectivity index (χ3n) is 2.98. The molecule has 0 atom stereocenters. The summed E-state index contributed by atoms with van der Waals surface area (Å²) >= 11 is 0. The van der Waals surface area contributed by atoms with Crippen molar-refractivity contribution in [3.63, 3.8) is 0 Å². The first-order valence-corrected chi connectivity index (χ1v) is 6.35. The molecule has 2 rings (SSSR count). The molecule has 98 valence electrons. The summed E-state index contributed by atoms with van der Waals surface area (Å²) in [6.07, 6.45) is 5.35. The molecule has 0 amide bonds. The van der Waals surface area contributed by atoms with Gasteiger partial charge < -0.3 is 20.2 Å². The van der Waals surface area contributed by atoms with Crippen molar-refractivity contribution in [1.82, 2.24) is 15.1 Å². The van der Waals surface area contributed by atoms with E-state index in [1.807, 2.05) is 12.1 Å². The van der Waals surface area contributed by atoms with Crippen LogP contribution in [0.3, 0.4) is 0 Å². The zero-order valence-electron chi connectivity index (χ0n) is 10.8. The van der Waals surface area contributed by atoms with Crippen LogP contribution in [-0.4, -0.2) is 41.7 Å². The highest BCUT2D eigenvalue weighted by Crippen LogP contribution is 2.10. The molecule has 1 aliphatic rings. The molecule has 4 heteroatoms. The molecule has 0 bridgehead atoms. The second-order valence-electron chi connectivity index (χ2n) is 4.71. The van der Waals surface area contributed by atoms with Crippen LogP contribution in [-0.2, 0) is 6.54 Å². The summed E-state index contributed by atoms with van der Waals surface area (Å²) in [5, 5.41) is 12.7. The minimum absolute atomic E-state index is 0.333. The maximum Gasteiger partial charge on any atom is 0.115 e. The van der Waals surface area contributed by atoms with Gasteiger partial charge in [0.25, 0.3) is 0 Å².